The van der Waals surface area contributed by atoms with Crippen molar-refractivity contribution >= 4 is 22.3 Å². The standard InChI is InChI=1S/C19H25FN2O5S/c1-6-7-15-12-16(13-17(14(15)2)27-28(20,24)25)21-8-10-22(11-9-21)18(23)26-19(3,4)5/h1,12-13H,7-11H2,2-5H3. The zero-order valence-corrected chi connectivity index (χ0v) is 17.3. The number of nitrogens with zero attached hydrogens (tertiary/aromatic N) is 2. The first-order valence-corrected chi connectivity index (χ1v) is 10.1. The maximum Gasteiger partial charge on any atom is 0.488 e. The molecule has 1 fully saturated rings. The summed E-state index contributed by atoms with van der Waals surface area (Å²) in [5.41, 5.74) is 1.22. The monoisotopic (exact) mass is 412 g/mol. The zero-order valence-electron chi connectivity index (χ0n) is 16.5. The van der Waals surface area contributed by atoms with Gasteiger partial charge in [0.2, 0.25) is 0 Å². The van der Waals surface area contributed by atoms with Crippen LogP contribution in [0, 0.1) is 19.3 Å². The van der Waals surface area contributed by atoms with Crippen molar-refractivity contribution in [2.24, 2.45) is 0 Å². The Morgan fingerprint density at radius 1 is 1.25 bits per heavy atom. The van der Waals surface area contributed by atoms with Gasteiger partial charge in [-0.25, -0.2) is 4.79 Å². The van der Waals surface area contributed by atoms with Crippen molar-refractivity contribution in [1.82, 2.24) is 4.90 Å². The van der Waals surface area contributed by atoms with Crippen molar-refractivity contribution in [2.75, 3.05) is 31.1 Å². The minimum atomic E-state index is -5.16. The number of amides is 1. The highest BCUT2D eigenvalue weighted by Crippen LogP contribution is 2.31. The van der Waals surface area contributed by atoms with Crippen LogP contribution in [0.5, 0.6) is 5.75 Å². The van der Waals surface area contributed by atoms with Gasteiger partial charge in [-0.3, -0.25) is 0 Å². The Hall–Kier alpha value is -2.47. The summed E-state index contributed by atoms with van der Waals surface area (Å²) in [6, 6.07) is 3.30. The summed E-state index contributed by atoms with van der Waals surface area (Å²) in [6.45, 7) is 8.91. The zero-order chi connectivity index (χ0) is 21.1. The molecule has 1 aromatic carbocycles. The van der Waals surface area contributed by atoms with Crippen molar-refractivity contribution in [3.63, 3.8) is 0 Å². The smallest absolute Gasteiger partial charge is 0.444 e. The highest BCUT2D eigenvalue weighted by Gasteiger charge is 2.27. The van der Waals surface area contributed by atoms with E-state index in [1.807, 2.05) is 11.0 Å². The number of rotatable bonds is 4. The lowest BCUT2D eigenvalue weighted by Gasteiger charge is -2.37. The molecule has 1 saturated heterocycles. The lowest BCUT2D eigenvalue weighted by molar-refractivity contribution is 0.0240. The number of halogens is 1. The molecule has 0 N–H and O–H groups in total. The lowest BCUT2D eigenvalue weighted by atomic mass is 10.0. The van der Waals surface area contributed by atoms with Gasteiger partial charge in [-0.15, -0.1) is 12.3 Å². The van der Waals surface area contributed by atoms with E-state index >= 15 is 0 Å². The number of carbonyl (C=O) groups excluding carboxylic acids is 1. The first-order chi connectivity index (χ1) is 12.9. The summed E-state index contributed by atoms with van der Waals surface area (Å²) < 4.78 is 44.8. The van der Waals surface area contributed by atoms with Gasteiger partial charge in [0.05, 0.1) is 0 Å². The molecule has 9 heteroatoms. The van der Waals surface area contributed by atoms with Gasteiger partial charge in [-0.05, 0) is 44.9 Å². The first kappa shape index (κ1) is 21.8. The largest absolute Gasteiger partial charge is 0.488 e. The molecule has 1 aliphatic rings. The number of terminal acetylenes is 1. The van der Waals surface area contributed by atoms with Gasteiger partial charge in [0.1, 0.15) is 5.60 Å². The number of benzene rings is 1. The Morgan fingerprint density at radius 3 is 2.36 bits per heavy atom. The van der Waals surface area contributed by atoms with E-state index in [0.717, 1.165) is 0 Å². The first-order valence-electron chi connectivity index (χ1n) is 8.83. The molecule has 0 spiro atoms. The van der Waals surface area contributed by atoms with Gasteiger partial charge < -0.3 is 18.7 Å². The van der Waals surface area contributed by atoms with Crippen LogP contribution in [0.4, 0.5) is 14.4 Å². The summed E-state index contributed by atoms with van der Waals surface area (Å²) in [7, 11) is -5.16. The van der Waals surface area contributed by atoms with Gasteiger partial charge in [0.15, 0.2) is 5.75 Å². The molecule has 0 unspecified atom stereocenters. The second kappa shape index (κ2) is 8.27. The van der Waals surface area contributed by atoms with E-state index in [1.165, 1.54) is 6.07 Å². The van der Waals surface area contributed by atoms with Gasteiger partial charge in [-0.2, -0.15) is 8.42 Å². The summed E-state index contributed by atoms with van der Waals surface area (Å²) in [4.78, 5) is 15.8. The third-order valence-electron chi connectivity index (χ3n) is 4.23. The average Bonchev–Trinajstić information content (AvgIpc) is 2.56. The molecular formula is C19H25FN2O5S. The van der Waals surface area contributed by atoms with E-state index in [2.05, 4.69) is 10.1 Å². The minimum absolute atomic E-state index is 0.0974. The Bertz CT molecular complexity index is 879. The molecule has 0 saturated carbocycles. The second-order valence-corrected chi connectivity index (χ2v) is 8.49. The van der Waals surface area contributed by atoms with E-state index < -0.39 is 16.1 Å². The number of anilines is 1. The van der Waals surface area contributed by atoms with E-state index in [-0.39, 0.29) is 18.3 Å². The van der Waals surface area contributed by atoms with Crippen LogP contribution in [-0.4, -0.2) is 51.2 Å². The minimum Gasteiger partial charge on any atom is -0.444 e. The third kappa shape index (κ3) is 6.02. The number of hydrogen-bond donors (Lipinski definition) is 0. The Balaban J connectivity index is 2.20. The molecule has 0 atom stereocenters. The molecular weight excluding hydrogens is 387 g/mol. The molecule has 0 aromatic heterocycles. The van der Waals surface area contributed by atoms with Crippen LogP contribution in [0.25, 0.3) is 0 Å². The molecule has 0 aliphatic carbocycles. The van der Waals surface area contributed by atoms with Gasteiger partial charge in [0, 0.05) is 44.4 Å². The van der Waals surface area contributed by atoms with E-state index in [9.17, 15) is 17.1 Å². The van der Waals surface area contributed by atoms with Gasteiger partial charge >= 0.3 is 16.6 Å². The average molecular weight is 412 g/mol. The molecule has 1 amide bonds. The SMILES string of the molecule is C#CCc1cc(N2CCN(C(=O)OC(C)(C)C)CC2)cc(OS(=O)(=O)F)c1C. The molecule has 0 bridgehead atoms. The fraction of sp³-hybridized carbons (Fsp3) is 0.526. The van der Waals surface area contributed by atoms with Crippen LogP contribution in [0.2, 0.25) is 0 Å². The Kier molecular flexibility index (Phi) is 6.44. The molecule has 1 heterocycles. The topological polar surface area (TPSA) is 76.2 Å². The van der Waals surface area contributed by atoms with Crippen molar-refractivity contribution in [3.05, 3.63) is 23.3 Å². The molecule has 2 rings (SSSR count). The van der Waals surface area contributed by atoms with Crippen LogP contribution < -0.4 is 9.08 Å². The summed E-state index contributed by atoms with van der Waals surface area (Å²) in [6.07, 6.45) is 5.25. The Morgan fingerprint density at radius 2 is 1.86 bits per heavy atom. The molecule has 7 nitrogen and oxygen atoms in total. The number of carbonyl (C=O) groups is 1. The van der Waals surface area contributed by atoms with Crippen LogP contribution >= 0.6 is 0 Å². The summed E-state index contributed by atoms with van der Waals surface area (Å²) in [5, 5.41) is 0. The third-order valence-corrected chi connectivity index (χ3v) is 4.61. The van der Waals surface area contributed by atoms with Crippen molar-refractivity contribution in [2.45, 2.75) is 39.7 Å². The maximum absolute atomic E-state index is 13.1. The van der Waals surface area contributed by atoms with Crippen molar-refractivity contribution in [3.8, 4) is 18.1 Å². The van der Waals surface area contributed by atoms with E-state index in [1.54, 1.807) is 32.6 Å². The predicted molar refractivity (Wildman–Crippen MR) is 104 cm³/mol. The fourth-order valence-electron chi connectivity index (χ4n) is 2.87. The highest BCUT2D eigenvalue weighted by atomic mass is 32.3. The van der Waals surface area contributed by atoms with Crippen LogP contribution in [0.15, 0.2) is 12.1 Å². The van der Waals surface area contributed by atoms with Crippen LogP contribution in [0.1, 0.15) is 31.9 Å². The fourth-order valence-corrected chi connectivity index (χ4v) is 3.26. The van der Waals surface area contributed by atoms with Crippen molar-refractivity contribution in [1.29, 1.82) is 0 Å². The van der Waals surface area contributed by atoms with Crippen molar-refractivity contribution < 1.29 is 26.0 Å². The van der Waals surface area contributed by atoms with Crippen LogP contribution in [0.3, 0.4) is 0 Å². The molecule has 154 valence electrons. The number of hydrogen-bond acceptors (Lipinski definition) is 6. The molecule has 1 aliphatic heterocycles. The van der Waals surface area contributed by atoms with Crippen LogP contribution in [-0.2, 0) is 21.7 Å². The molecule has 28 heavy (non-hydrogen) atoms. The van der Waals surface area contributed by atoms with E-state index in [4.69, 9.17) is 11.2 Å². The van der Waals surface area contributed by atoms with Gasteiger partial charge in [-0.1, -0.05) is 3.89 Å². The molecule has 0 radical (unpaired) electrons. The number of ether oxygens (including phenoxy) is 1. The molecule has 1 aromatic rings. The normalized spacial score (nSPS) is 15.1. The Labute approximate surface area is 165 Å². The lowest BCUT2D eigenvalue weighted by Crippen LogP contribution is -2.50. The maximum atomic E-state index is 13.1. The number of piperazine rings is 1. The highest BCUT2D eigenvalue weighted by molar-refractivity contribution is 7.81. The summed E-state index contributed by atoms with van der Waals surface area (Å²) >= 11 is 0. The van der Waals surface area contributed by atoms with Gasteiger partial charge in [0.25, 0.3) is 0 Å². The second-order valence-electron chi connectivity index (χ2n) is 7.54. The predicted octanol–water partition coefficient (Wildman–Crippen LogP) is 2.82. The summed E-state index contributed by atoms with van der Waals surface area (Å²) in [5.74, 6) is 2.40. The van der Waals surface area contributed by atoms with E-state index in [0.29, 0.717) is 43.0 Å². The quantitative estimate of drug-likeness (QED) is 0.559.